The van der Waals surface area contributed by atoms with Crippen LogP contribution in [0.3, 0.4) is 0 Å². The first-order valence-electron chi connectivity index (χ1n) is 6.96. The third-order valence-electron chi connectivity index (χ3n) is 2.92. The van der Waals surface area contributed by atoms with E-state index in [2.05, 4.69) is 24.8 Å². The molecule has 3 aromatic rings. The van der Waals surface area contributed by atoms with Crippen molar-refractivity contribution in [2.75, 3.05) is 5.32 Å². The van der Waals surface area contributed by atoms with Crippen molar-refractivity contribution in [3.63, 3.8) is 0 Å². The second kappa shape index (κ2) is 7.38. The van der Waals surface area contributed by atoms with Gasteiger partial charge in [0.25, 0.3) is 0 Å². The molecule has 0 saturated carbocycles. The number of thioether (sulfide) groups is 1. The number of hydrogen-bond acceptors (Lipinski definition) is 6. The van der Waals surface area contributed by atoms with E-state index in [0.29, 0.717) is 17.4 Å². The molecule has 0 bridgehead atoms. The number of pyridine rings is 1. The highest BCUT2D eigenvalue weighted by Gasteiger charge is 2.08. The molecule has 23 heavy (non-hydrogen) atoms. The first-order valence-corrected chi connectivity index (χ1v) is 8.83. The summed E-state index contributed by atoms with van der Waals surface area (Å²) in [5, 5.41) is 6.19. The molecule has 0 spiro atoms. The van der Waals surface area contributed by atoms with Crippen LogP contribution < -0.4 is 5.32 Å². The van der Waals surface area contributed by atoms with Crippen molar-refractivity contribution in [2.24, 2.45) is 0 Å². The topological polar surface area (TPSA) is 72.7 Å². The third kappa shape index (κ3) is 4.40. The fraction of sp³-hybridized carbons (Fsp3) is 0.200. The molecule has 0 aromatic carbocycles. The number of anilines is 1. The molecule has 3 aromatic heterocycles. The van der Waals surface area contributed by atoms with Crippen molar-refractivity contribution in [1.82, 2.24) is 19.5 Å². The van der Waals surface area contributed by atoms with E-state index in [9.17, 15) is 4.79 Å². The van der Waals surface area contributed by atoms with E-state index in [0.717, 1.165) is 16.5 Å². The Morgan fingerprint density at radius 3 is 3.00 bits per heavy atom. The zero-order chi connectivity index (χ0) is 16.1. The molecule has 1 N–H and O–H groups in total. The lowest BCUT2D eigenvalue weighted by Gasteiger charge is -2.06. The molecule has 0 unspecified atom stereocenters. The summed E-state index contributed by atoms with van der Waals surface area (Å²) in [5.41, 5.74) is 1.92. The highest BCUT2D eigenvalue weighted by atomic mass is 32.2. The molecule has 0 aliphatic heterocycles. The van der Waals surface area contributed by atoms with Gasteiger partial charge in [-0.3, -0.25) is 9.78 Å². The second-order valence-electron chi connectivity index (χ2n) is 4.77. The van der Waals surface area contributed by atoms with Gasteiger partial charge in [0.05, 0.1) is 17.9 Å². The van der Waals surface area contributed by atoms with Crippen LogP contribution in [0.1, 0.15) is 18.3 Å². The van der Waals surface area contributed by atoms with Gasteiger partial charge in [-0.1, -0.05) is 17.8 Å². The predicted molar refractivity (Wildman–Crippen MR) is 91.5 cm³/mol. The molecule has 3 rings (SSSR count). The molecule has 0 aliphatic carbocycles. The van der Waals surface area contributed by atoms with Gasteiger partial charge >= 0.3 is 0 Å². The minimum atomic E-state index is -0.107. The molecule has 1 amide bonds. The smallest absolute Gasteiger partial charge is 0.223 e. The van der Waals surface area contributed by atoms with Crippen LogP contribution in [-0.4, -0.2) is 25.4 Å². The van der Waals surface area contributed by atoms with Gasteiger partial charge < -0.3 is 9.88 Å². The summed E-state index contributed by atoms with van der Waals surface area (Å²) in [6.45, 7) is 2.17. The average Bonchev–Trinajstić information content (AvgIpc) is 3.15. The number of imidazole rings is 1. The Bertz CT molecular complexity index is 784. The van der Waals surface area contributed by atoms with Crippen LogP contribution in [0, 0.1) is 0 Å². The number of hydrogen-bond donors (Lipinski definition) is 1. The van der Waals surface area contributed by atoms with Crippen LogP contribution in [0.4, 0.5) is 5.13 Å². The highest BCUT2D eigenvalue weighted by Crippen LogP contribution is 2.24. The van der Waals surface area contributed by atoms with E-state index in [1.165, 1.54) is 18.3 Å². The quantitative estimate of drug-likeness (QED) is 0.695. The fourth-order valence-corrected chi connectivity index (χ4v) is 3.66. The summed E-state index contributed by atoms with van der Waals surface area (Å²) in [4.78, 5) is 24.1. The first-order chi connectivity index (χ1) is 11.2. The molecule has 0 aliphatic rings. The Hall–Kier alpha value is -2.19. The van der Waals surface area contributed by atoms with Crippen LogP contribution >= 0.6 is 23.1 Å². The Morgan fingerprint density at radius 1 is 1.30 bits per heavy atom. The average molecular weight is 345 g/mol. The van der Waals surface area contributed by atoms with E-state index >= 15 is 0 Å². The van der Waals surface area contributed by atoms with Gasteiger partial charge in [0, 0.05) is 36.6 Å². The molecular formula is C15H15N5OS2. The van der Waals surface area contributed by atoms with Gasteiger partial charge in [0.15, 0.2) is 10.3 Å². The molecule has 6 nitrogen and oxygen atoms in total. The largest absolute Gasteiger partial charge is 0.320 e. The summed E-state index contributed by atoms with van der Waals surface area (Å²) in [7, 11) is 0. The van der Waals surface area contributed by atoms with Crippen LogP contribution in [0.5, 0.6) is 0 Å². The van der Waals surface area contributed by atoms with Crippen molar-refractivity contribution >= 4 is 34.1 Å². The standard InChI is InChI=1S/C15H15N5OS2/c1-11(21)18-14-19-13(9-22-14)10-23-15-17-6-7-20(15)8-12-4-2-3-5-16-12/h2-7,9H,8,10H2,1H3,(H,18,19,21). The molecule has 8 heteroatoms. The lowest BCUT2D eigenvalue weighted by atomic mass is 10.3. The number of rotatable bonds is 6. The molecular weight excluding hydrogens is 330 g/mol. The fourth-order valence-electron chi connectivity index (χ4n) is 1.94. The third-order valence-corrected chi connectivity index (χ3v) is 4.76. The lowest BCUT2D eigenvalue weighted by Crippen LogP contribution is -2.05. The van der Waals surface area contributed by atoms with Crippen molar-refractivity contribution in [3.8, 4) is 0 Å². The van der Waals surface area contributed by atoms with Crippen LogP contribution in [-0.2, 0) is 17.1 Å². The predicted octanol–water partition coefficient (Wildman–Crippen LogP) is 3.03. The second-order valence-corrected chi connectivity index (χ2v) is 6.57. The summed E-state index contributed by atoms with van der Waals surface area (Å²) < 4.78 is 2.06. The number of amides is 1. The van der Waals surface area contributed by atoms with Crippen LogP contribution in [0.15, 0.2) is 47.3 Å². The number of nitrogens with zero attached hydrogens (tertiary/aromatic N) is 4. The molecule has 118 valence electrons. The molecule has 0 atom stereocenters. The Kier molecular flexibility index (Phi) is 5.04. The number of aromatic nitrogens is 4. The Labute approximate surface area is 142 Å². The van der Waals surface area contributed by atoms with Gasteiger partial charge in [-0.15, -0.1) is 11.3 Å². The summed E-state index contributed by atoms with van der Waals surface area (Å²) >= 11 is 3.04. The number of nitrogens with one attached hydrogen (secondary N) is 1. The van der Waals surface area contributed by atoms with E-state index in [1.54, 1.807) is 24.2 Å². The maximum absolute atomic E-state index is 11.0. The van der Waals surface area contributed by atoms with Crippen LogP contribution in [0.25, 0.3) is 0 Å². The van der Waals surface area contributed by atoms with Crippen molar-refractivity contribution in [2.45, 2.75) is 24.4 Å². The Morgan fingerprint density at radius 2 is 2.22 bits per heavy atom. The van der Waals surface area contributed by atoms with Gasteiger partial charge in [-0.05, 0) is 12.1 Å². The van der Waals surface area contributed by atoms with E-state index in [1.807, 2.05) is 29.8 Å². The molecule has 0 saturated heterocycles. The van der Waals surface area contributed by atoms with Crippen LogP contribution in [0.2, 0.25) is 0 Å². The SMILES string of the molecule is CC(=O)Nc1nc(CSc2nccn2Cc2ccccn2)cs1. The van der Waals surface area contributed by atoms with Gasteiger partial charge in [0.1, 0.15) is 0 Å². The lowest BCUT2D eigenvalue weighted by molar-refractivity contribution is -0.114. The van der Waals surface area contributed by atoms with Gasteiger partial charge in [0.2, 0.25) is 5.91 Å². The summed E-state index contributed by atoms with van der Waals surface area (Å²) in [6.07, 6.45) is 5.52. The summed E-state index contributed by atoms with van der Waals surface area (Å²) in [6, 6.07) is 5.88. The van der Waals surface area contributed by atoms with E-state index in [-0.39, 0.29) is 5.91 Å². The Balaban J connectivity index is 1.62. The zero-order valence-electron chi connectivity index (χ0n) is 12.5. The van der Waals surface area contributed by atoms with Crippen molar-refractivity contribution < 1.29 is 4.79 Å². The highest BCUT2D eigenvalue weighted by molar-refractivity contribution is 7.98. The normalized spacial score (nSPS) is 10.7. The maximum Gasteiger partial charge on any atom is 0.223 e. The van der Waals surface area contributed by atoms with E-state index < -0.39 is 0 Å². The van der Waals surface area contributed by atoms with Gasteiger partial charge in [-0.25, -0.2) is 9.97 Å². The number of carbonyl (C=O) groups is 1. The van der Waals surface area contributed by atoms with Gasteiger partial charge in [-0.2, -0.15) is 0 Å². The monoisotopic (exact) mass is 345 g/mol. The minimum Gasteiger partial charge on any atom is -0.320 e. The first kappa shape index (κ1) is 15.7. The number of carbonyl (C=O) groups excluding carboxylic acids is 1. The minimum absolute atomic E-state index is 0.107. The summed E-state index contributed by atoms with van der Waals surface area (Å²) in [5.74, 6) is 0.597. The van der Waals surface area contributed by atoms with E-state index in [4.69, 9.17) is 0 Å². The molecule has 3 heterocycles. The molecule has 0 radical (unpaired) electrons. The zero-order valence-corrected chi connectivity index (χ0v) is 14.1. The van der Waals surface area contributed by atoms with Crippen molar-refractivity contribution in [1.29, 1.82) is 0 Å². The number of thiazole rings is 1. The van der Waals surface area contributed by atoms with Crippen molar-refractivity contribution in [3.05, 3.63) is 53.6 Å². The maximum atomic E-state index is 11.0. The molecule has 0 fully saturated rings.